The van der Waals surface area contributed by atoms with E-state index in [0.717, 1.165) is 28.3 Å². The Bertz CT molecular complexity index is 2040. The van der Waals surface area contributed by atoms with Gasteiger partial charge in [-0.25, -0.2) is 4.79 Å². The Morgan fingerprint density at radius 3 is 2.04 bits per heavy atom. The Kier molecular flexibility index (Phi) is 11.6. The molecule has 6 rings (SSSR count). The second kappa shape index (κ2) is 15.9. The molecule has 0 unspecified atom stereocenters. The number of urea groups is 1. The summed E-state index contributed by atoms with van der Waals surface area (Å²) in [5, 5.41) is 1.19. The Hall–Kier alpha value is -4.60. The highest BCUT2D eigenvalue weighted by Crippen LogP contribution is 2.54. The number of nitrogens with zero attached hydrogens (tertiary/aromatic N) is 5. The first kappa shape index (κ1) is 40.1. The number of hydrogen-bond donors (Lipinski definition) is 0. The zero-order valence-corrected chi connectivity index (χ0v) is 34.5. The molecular weight excluding hydrogens is 733 g/mol. The summed E-state index contributed by atoms with van der Waals surface area (Å²) in [4.78, 5) is 44.6. The number of hydrogen-bond acceptors (Lipinski definition) is 6. The van der Waals surface area contributed by atoms with Crippen LogP contribution in [0.1, 0.15) is 83.2 Å². The first-order valence-corrected chi connectivity index (χ1v) is 19.6. The molecule has 0 saturated carbocycles. The number of halogens is 2. The number of rotatable bonds is 9. The molecule has 2 atom stereocenters. The smallest absolute Gasteiger partial charge is 0.326 e. The van der Waals surface area contributed by atoms with Crippen molar-refractivity contribution in [1.82, 2.24) is 14.8 Å². The summed E-state index contributed by atoms with van der Waals surface area (Å²) in [6.45, 7) is 13.8. The van der Waals surface area contributed by atoms with Crippen molar-refractivity contribution in [2.24, 2.45) is 10.9 Å². The van der Waals surface area contributed by atoms with Crippen LogP contribution in [0.3, 0.4) is 0 Å². The number of pyridine rings is 1. The summed E-state index contributed by atoms with van der Waals surface area (Å²) in [7, 11) is 3.42. The number of carbonyl (C=O) groups excluding carboxylic acids is 2. The Morgan fingerprint density at radius 1 is 0.909 bits per heavy atom. The van der Waals surface area contributed by atoms with Crippen molar-refractivity contribution in [2.75, 3.05) is 38.8 Å². The summed E-state index contributed by atoms with van der Waals surface area (Å²) < 4.78 is 11.6. The predicted octanol–water partition coefficient (Wildman–Crippen LogP) is 9.87. The second-order valence-electron chi connectivity index (χ2n) is 15.7. The highest BCUT2D eigenvalue weighted by atomic mass is 35.5. The van der Waals surface area contributed by atoms with Crippen LogP contribution in [0.25, 0.3) is 0 Å². The summed E-state index contributed by atoms with van der Waals surface area (Å²) in [6, 6.07) is 24.5. The number of likely N-dealkylation sites (tertiary alicyclic amines) is 1. The molecule has 1 fully saturated rings. The van der Waals surface area contributed by atoms with Gasteiger partial charge in [0.15, 0.2) is 0 Å². The van der Waals surface area contributed by atoms with Crippen molar-refractivity contribution in [3.05, 3.63) is 117 Å². The van der Waals surface area contributed by atoms with Gasteiger partial charge in [0.05, 0.1) is 19.3 Å². The van der Waals surface area contributed by atoms with E-state index in [4.69, 9.17) is 42.7 Å². The molecule has 2 aliphatic heterocycles. The number of benzene rings is 3. The van der Waals surface area contributed by atoms with Crippen molar-refractivity contribution in [3.8, 4) is 11.5 Å². The molecule has 4 aromatic rings. The Labute approximate surface area is 335 Å². The molecule has 0 N–H and O–H groups in total. The number of amides is 3. The maximum Gasteiger partial charge on any atom is 0.326 e. The lowest BCUT2D eigenvalue weighted by molar-refractivity contribution is -0.119. The minimum atomic E-state index is -1.04. The Morgan fingerprint density at radius 2 is 1.49 bits per heavy atom. The van der Waals surface area contributed by atoms with Gasteiger partial charge in [0.25, 0.3) is 0 Å². The number of anilines is 1. The fourth-order valence-corrected chi connectivity index (χ4v) is 7.91. The summed E-state index contributed by atoms with van der Waals surface area (Å²) in [6.07, 6.45) is 3.55. The van der Waals surface area contributed by atoms with E-state index in [-0.39, 0.29) is 23.3 Å². The summed E-state index contributed by atoms with van der Waals surface area (Å²) in [5.41, 5.74) is 1.79. The standard InChI is InChI=1S/C44H51Cl2N5O4/c1-9-55-37-27-38(42(2,3)4)47-28-36(37)40-48-43(5,30-10-14-32(45)15-11-30)44(6,31-12-16-33(46)17-13-31)51(40)41(53)50-24-22-29(23-25-50)26-39(52)49(7)34-18-20-35(54-8)21-19-34/h10-21,27-29H,9,22-26H2,1-8H3/t43-,44+/m0/s1. The number of aliphatic imine (C=N–C) groups is 1. The molecule has 0 radical (unpaired) electrons. The van der Waals surface area contributed by atoms with Gasteiger partial charge in [0.2, 0.25) is 5.91 Å². The molecule has 0 aliphatic carbocycles. The first-order valence-electron chi connectivity index (χ1n) is 18.9. The van der Waals surface area contributed by atoms with Crippen LogP contribution in [0, 0.1) is 5.92 Å². The molecule has 290 valence electrons. The molecule has 1 saturated heterocycles. The SMILES string of the molecule is CCOc1cc(C(C)(C)C)ncc1C1=N[C@@](C)(c2ccc(Cl)cc2)[C@@](C)(c2ccc(Cl)cc2)N1C(=O)N1CCC(CC(=O)N(C)c2ccc(OC)cc2)CC1. The predicted molar refractivity (Wildman–Crippen MR) is 221 cm³/mol. The number of methoxy groups -OCH3 is 1. The maximum absolute atomic E-state index is 15.4. The highest BCUT2D eigenvalue weighted by Gasteiger charge is 2.60. The highest BCUT2D eigenvalue weighted by molar-refractivity contribution is 6.30. The van der Waals surface area contributed by atoms with Crippen LogP contribution in [0.15, 0.2) is 90.1 Å². The van der Waals surface area contributed by atoms with Crippen molar-refractivity contribution in [3.63, 3.8) is 0 Å². The third-order valence-electron chi connectivity index (χ3n) is 11.3. The average molecular weight is 785 g/mol. The van der Waals surface area contributed by atoms with Gasteiger partial charge in [-0.1, -0.05) is 68.2 Å². The summed E-state index contributed by atoms with van der Waals surface area (Å²) >= 11 is 12.9. The fourth-order valence-electron chi connectivity index (χ4n) is 7.66. The van der Waals surface area contributed by atoms with E-state index in [1.807, 2.05) is 95.6 Å². The van der Waals surface area contributed by atoms with Crippen molar-refractivity contribution in [1.29, 1.82) is 0 Å². The molecular formula is C44H51Cl2N5O4. The molecule has 3 aromatic carbocycles. The number of amidine groups is 1. The van der Waals surface area contributed by atoms with Crippen LogP contribution < -0.4 is 14.4 Å². The van der Waals surface area contributed by atoms with Gasteiger partial charge in [-0.3, -0.25) is 19.7 Å². The minimum absolute atomic E-state index is 0.0348. The minimum Gasteiger partial charge on any atom is -0.497 e. The normalized spacial score (nSPS) is 20.3. The lowest BCUT2D eigenvalue weighted by atomic mass is 9.71. The van der Waals surface area contributed by atoms with E-state index in [2.05, 4.69) is 34.6 Å². The molecule has 11 heteroatoms. The van der Waals surface area contributed by atoms with E-state index in [0.29, 0.717) is 66.2 Å². The zero-order chi connectivity index (χ0) is 39.7. The maximum atomic E-state index is 15.4. The molecule has 3 amide bonds. The van der Waals surface area contributed by atoms with Crippen LogP contribution in [-0.2, 0) is 21.3 Å². The number of aromatic nitrogens is 1. The molecule has 2 aliphatic rings. The van der Waals surface area contributed by atoms with E-state index in [1.165, 1.54) is 0 Å². The van der Waals surface area contributed by atoms with Crippen molar-refractivity contribution >= 4 is 46.7 Å². The van der Waals surface area contributed by atoms with Crippen LogP contribution in [0.4, 0.5) is 10.5 Å². The van der Waals surface area contributed by atoms with Gasteiger partial charge in [-0.15, -0.1) is 0 Å². The van der Waals surface area contributed by atoms with E-state index in [1.54, 1.807) is 25.3 Å². The van der Waals surface area contributed by atoms with Gasteiger partial charge in [0.1, 0.15) is 28.4 Å². The van der Waals surface area contributed by atoms with E-state index in [9.17, 15) is 4.79 Å². The third-order valence-corrected chi connectivity index (χ3v) is 11.8. The Balaban J connectivity index is 1.38. The largest absolute Gasteiger partial charge is 0.497 e. The first-order chi connectivity index (χ1) is 26.1. The lowest BCUT2D eigenvalue weighted by Gasteiger charge is -2.47. The van der Waals surface area contributed by atoms with Crippen LogP contribution in [0.5, 0.6) is 11.5 Å². The topological polar surface area (TPSA) is 87.6 Å². The van der Waals surface area contributed by atoms with Crippen LogP contribution >= 0.6 is 23.2 Å². The molecule has 1 aromatic heterocycles. The molecule has 55 heavy (non-hydrogen) atoms. The average Bonchev–Trinajstić information content (AvgIpc) is 3.42. The van der Waals surface area contributed by atoms with Crippen LogP contribution in [0.2, 0.25) is 10.0 Å². The van der Waals surface area contributed by atoms with E-state index >= 15 is 4.79 Å². The van der Waals surface area contributed by atoms with Crippen molar-refractivity contribution in [2.45, 2.75) is 77.3 Å². The number of carbonyl (C=O) groups is 2. The van der Waals surface area contributed by atoms with E-state index < -0.39 is 11.1 Å². The lowest BCUT2D eigenvalue weighted by Crippen LogP contribution is -2.59. The number of piperidine rings is 1. The third kappa shape index (κ3) is 7.79. The quantitative estimate of drug-likeness (QED) is 0.169. The van der Waals surface area contributed by atoms with Gasteiger partial charge in [-0.2, -0.15) is 0 Å². The second-order valence-corrected chi connectivity index (χ2v) is 16.6. The van der Waals surface area contributed by atoms with Gasteiger partial charge >= 0.3 is 6.03 Å². The van der Waals surface area contributed by atoms with Gasteiger partial charge in [-0.05, 0) is 99.2 Å². The van der Waals surface area contributed by atoms with Crippen molar-refractivity contribution < 1.29 is 19.1 Å². The molecule has 0 bridgehead atoms. The monoisotopic (exact) mass is 783 g/mol. The molecule has 3 heterocycles. The van der Waals surface area contributed by atoms with Gasteiger partial charge < -0.3 is 19.3 Å². The van der Waals surface area contributed by atoms with Gasteiger partial charge in [0, 0.05) is 65.7 Å². The summed E-state index contributed by atoms with van der Waals surface area (Å²) in [5.74, 6) is 1.98. The molecule has 9 nitrogen and oxygen atoms in total. The molecule has 0 spiro atoms. The zero-order valence-electron chi connectivity index (χ0n) is 33.0. The fraction of sp³-hybridized carbons (Fsp3) is 0.409. The number of ether oxygens (including phenoxy) is 2. The van der Waals surface area contributed by atoms with Crippen LogP contribution in [-0.4, -0.2) is 66.4 Å².